The first-order chi connectivity index (χ1) is 28.2. The standard InChI is InChI=1S/C42H31N3O12S2/c1-19-3-8-26-31(11-19)56-32-14-23(47)6-9-27(32)34(26)25-10-7-24(15-28(25)40(51)52)58-17-21-18-59-39-35(38(50)45(39)36(21)41(53)54)43-33(48)16-44(2)37(49)29-12-20-4-5-22(46)13-30(20)57-42(29)55/h3-15,35,39,46-47H,1,16-18H2,2H3,(H,43,48)(H,51,52)(H,53,54). The normalized spacial score (nSPS) is 16.7. The second-order valence-corrected chi connectivity index (χ2v) is 16.0. The van der Waals surface area contributed by atoms with Gasteiger partial charge in [-0.3, -0.25) is 19.3 Å². The molecule has 2 unspecified atom stereocenters. The molecule has 3 aliphatic rings. The van der Waals surface area contributed by atoms with E-state index in [0.717, 1.165) is 9.80 Å². The molecule has 0 spiro atoms. The highest BCUT2D eigenvalue weighted by atomic mass is 32.2. The molecule has 4 aromatic carbocycles. The van der Waals surface area contributed by atoms with Crippen molar-refractivity contribution in [1.82, 2.24) is 15.1 Å². The number of thioether (sulfide) groups is 2. The fraction of sp³-hybridized carbons (Fsp3) is 0.143. The topological polar surface area (TPSA) is 224 Å². The Balaban J connectivity index is 0.974. The highest BCUT2D eigenvalue weighted by molar-refractivity contribution is 8.01. The molecule has 3 aliphatic heterocycles. The van der Waals surface area contributed by atoms with Crippen LogP contribution in [0.2, 0.25) is 0 Å². The number of carbonyl (C=O) groups excluding carboxylic acids is 3. The fourth-order valence-electron chi connectivity index (χ4n) is 7.15. The van der Waals surface area contributed by atoms with Crippen molar-refractivity contribution in [3.63, 3.8) is 0 Å². The van der Waals surface area contributed by atoms with Crippen LogP contribution < -0.4 is 26.1 Å². The largest absolute Gasteiger partial charge is 0.508 e. The highest BCUT2D eigenvalue weighted by Crippen LogP contribution is 2.43. The highest BCUT2D eigenvalue weighted by Gasteiger charge is 2.54. The van der Waals surface area contributed by atoms with Gasteiger partial charge in [-0.05, 0) is 64.9 Å². The molecule has 5 aromatic rings. The minimum absolute atomic E-state index is 0.0215. The number of β-lactam (4-membered cyclic amide) rings is 1. The Hall–Kier alpha value is -6.98. The summed E-state index contributed by atoms with van der Waals surface area (Å²) in [4.78, 5) is 79.9. The number of phenols is 2. The van der Waals surface area contributed by atoms with Gasteiger partial charge in [0.2, 0.25) is 5.91 Å². The van der Waals surface area contributed by atoms with Gasteiger partial charge in [0.1, 0.15) is 51.3 Å². The van der Waals surface area contributed by atoms with Crippen molar-refractivity contribution < 1.29 is 53.6 Å². The van der Waals surface area contributed by atoms with E-state index >= 15 is 0 Å². The number of rotatable bonds is 10. The molecule has 3 amide bonds. The lowest BCUT2D eigenvalue weighted by Crippen LogP contribution is -2.71. The van der Waals surface area contributed by atoms with Gasteiger partial charge in [0.15, 0.2) is 0 Å². The number of benzene rings is 4. The molecule has 298 valence electrons. The number of fused-ring (bicyclic) bond motifs is 4. The van der Waals surface area contributed by atoms with Crippen molar-refractivity contribution in [3.05, 3.63) is 133 Å². The Morgan fingerprint density at radius 3 is 2.41 bits per heavy atom. The van der Waals surface area contributed by atoms with Crippen molar-refractivity contribution in [2.75, 3.05) is 25.1 Å². The predicted molar refractivity (Wildman–Crippen MR) is 216 cm³/mol. The van der Waals surface area contributed by atoms with Gasteiger partial charge in [0.25, 0.3) is 11.8 Å². The lowest BCUT2D eigenvalue weighted by atomic mass is 9.89. The maximum absolute atomic E-state index is 13.4. The summed E-state index contributed by atoms with van der Waals surface area (Å²) >= 11 is 2.45. The SMILES string of the molecule is C=c1ccc2c(c1)Oc1cc(O)ccc1C=2c1ccc(SCC2=C(C(=O)O)N3C(=O)C(NC(=O)CN(C)C(=O)c4cc5ccc(O)cc5oc4=O)C3SC2)cc1C(=O)O. The van der Waals surface area contributed by atoms with Gasteiger partial charge in [-0.25, -0.2) is 14.4 Å². The molecule has 5 N–H and O–H groups in total. The molecule has 1 fully saturated rings. The summed E-state index contributed by atoms with van der Waals surface area (Å²) < 4.78 is 11.2. The monoisotopic (exact) mass is 833 g/mol. The van der Waals surface area contributed by atoms with E-state index in [0.29, 0.717) is 54.5 Å². The number of likely N-dealkylation sites (N-methyl/N-ethyl adjacent to an activating group) is 1. The van der Waals surface area contributed by atoms with Crippen molar-refractivity contribution in [3.8, 4) is 23.0 Å². The van der Waals surface area contributed by atoms with Crippen LogP contribution in [0.15, 0.2) is 104 Å². The second-order valence-electron chi connectivity index (χ2n) is 13.8. The zero-order valence-corrected chi connectivity index (χ0v) is 32.4. The number of carboxylic acid groups (broad SMARTS) is 2. The molecule has 17 heteroatoms. The number of aromatic hydroxyl groups is 2. The van der Waals surface area contributed by atoms with Gasteiger partial charge in [-0.15, -0.1) is 23.5 Å². The lowest BCUT2D eigenvalue weighted by molar-refractivity contribution is -0.150. The van der Waals surface area contributed by atoms with Gasteiger partial charge in [0, 0.05) is 57.3 Å². The predicted octanol–water partition coefficient (Wildman–Crippen LogP) is 3.27. The minimum atomic E-state index is -1.34. The molecule has 0 aliphatic carbocycles. The van der Waals surface area contributed by atoms with Crippen LogP contribution in [-0.2, 0) is 14.4 Å². The van der Waals surface area contributed by atoms with Crippen LogP contribution in [0.3, 0.4) is 0 Å². The number of phenolic OH excluding ortho intramolecular Hbond substituents is 2. The van der Waals surface area contributed by atoms with E-state index in [2.05, 4.69) is 11.9 Å². The van der Waals surface area contributed by atoms with E-state index in [9.17, 15) is 49.2 Å². The Labute approximate surface area is 341 Å². The molecular formula is C42H31N3O12S2. The summed E-state index contributed by atoms with van der Waals surface area (Å²) in [6.07, 6.45) is 0. The quantitative estimate of drug-likeness (QED) is 0.0760. The smallest absolute Gasteiger partial charge is 0.352 e. The first-order valence-corrected chi connectivity index (χ1v) is 19.8. The van der Waals surface area contributed by atoms with Crippen molar-refractivity contribution >= 4 is 76.3 Å². The number of carboxylic acids is 2. The van der Waals surface area contributed by atoms with Crippen LogP contribution in [0.1, 0.15) is 31.8 Å². The molecule has 2 atom stereocenters. The number of ether oxygens (including phenoxy) is 1. The van der Waals surface area contributed by atoms with Crippen LogP contribution in [0, 0.1) is 0 Å². The maximum Gasteiger partial charge on any atom is 0.352 e. The summed E-state index contributed by atoms with van der Waals surface area (Å²) in [5.41, 5.74) is 0.492. The zero-order chi connectivity index (χ0) is 41.9. The Morgan fingerprint density at radius 2 is 1.64 bits per heavy atom. The molecule has 1 saturated heterocycles. The third-order valence-electron chi connectivity index (χ3n) is 9.92. The first-order valence-electron chi connectivity index (χ1n) is 17.7. The zero-order valence-electron chi connectivity index (χ0n) is 30.8. The molecule has 1 aromatic heterocycles. The molecule has 0 saturated carbocycles. The van der Waals surface area contributed by atoms with E-state index in [1.54, 1.807) is 36.4 Å². The van der Waals surface area contributed by atoms with Crippen molar-refractivity contribution in [1.29, 1.82) is 0 Å². The Bertz CT molecular complexity index is 2910. The van der Waals surface area contributed by atoms with Crippen molar-refractivity contribution in [2.24, 2.45) is 0 Å². The average molecular weight is 834 g/mol. The molecule has 0 radical (unpaired) electrons. The van der Waals surface area contributed by atoms with Gasteiger partial charge in [0.05, 0.1) is 12.1 Å². The lowest BCUT2D eigenvalue weighted by Gasteiger charge is -2.49. The van der Waals surface area contributed by atoms with Gasteiger partial charge in [-0.2, -0.15) is 0 Å². The summed E-state index contributed by atoms with van der Waals surface area (Å²) in [5.74, 6) is -3.79. The van der Waals surface area contributed by atoms with Crippen molar-refractivity contribution in [2.45, 2.75) is 16.3 Å². The Kier molecular flexibility index (Phi) is 9.93. The van der Waals surface area contributed by atoms with Crippen LogP contribution in [0.5, 0.6) is 23.0 Å². The molecule has 59 heavy (non-hydrogen) atoms. The Morgan fingerprint density at radius 1 is 0.898 bits per heavy atom. The van der Waals surface area contributed by atoms with E-state index in [4.69, 9.17) is 9.15 Å². The third kappa shape index (κ3) is 7.14. The summed E-state index contributed by atoms with van der Waals surface area (Å²) in [6.45, 7) is 3.43. The van der Waals surface area contributed by atoms with Gasteiger partial charge < -0.3 is 39.8 Å². The molecule has 15 nitrogen and oxygen atoms in total. The van der Waals surface area contributed by atoms with E-state index < -0.39 is 53.2 Å². The number of aliphatic carboxylic acids is 1. The molecular weight excluding hydrogens is 803 g/mol. The van der Waals surface area contributed by atoms with Crippen LogP contribution in [0.25, 0.3) is 23.1 Å². The number of nitrogens with one attached hydrogen (secondary N) is 1. The minimum Gasteiger partial charge on any atom is -0.508 e. The molecule has 0 bridgehead atoms. The van der Waals surface area contributed by atoms with Crippen LogP contribution in [-0.4, -0.2) is 96.4 Å². The van der Waals surface area contributed by atoms with Crippen LogP contribution >= 0.6 is 23.5 Å². The van der Waals surface area contributed by atoms with Gasteiger partial charge in [-0.1, -0.05) is 24.8 Å². The van der Waals surface area contributed by atoms with E-state index in [1.165, 1.54) is 73.0 Å². The summed E-state index contributed by atoms with van der Waals surface area (Å²) in [6, 6.07) is 19.0. The second kappa shape index (κ2) is 15.1. The average Bonchev–Trinajstić information content (AvgIpc) is 3.19. The molecule has 4 heterocycles. The summed E-state index contributed by atoms with van der Waals surface area (Å²) in [7, 11) is 1.29. The molecule has 8 rings (SSSR count). The van der Waals surface area contributed by atoms with Crippen LogP contribution in [0.4, 0.5) is 0 Å². The number of hydrogen-bond donors (Lipinski definition) is 5. The van der Waals surface area contributed by atoms with E-state index in [1.807, 2.05) is 0 Å². The number of nitrogens with zero attached hydrogens (tertiary/aromatic N) is 2. The number of aromatic carboxylic acids is 1. The fourth-order valence-corrected chi connectivity index (χ4v) is 9.57. The van der Waals surface area contributed by atoms with Gasteiger partial charge >= 0.3 is 17.6 Å². The van der Waals surface area contributed by atoms with E-state index in [-0.39, 0.29) is 45.4 Å². The number of carbonyl (C=O) groups is 5. The summed E-state index contributed by atoms with van der Waals surface area (Å²) in [5, 5.41) is 44.0. The number of hydrogen-bond acceptors (Lipinski definition) is 12. The number of amides is 3. The maximum atomic E-state index is 13.4. The third-order valence-corrected chi connectivity index (χ3v) is 12.3. The first kappa shape index (κ1) is 38.9.